The van der Waals surface area contributed by atoms with Crippen LogP contribution in [-0.2, 0) is 26.2 Å². The van der Waals surface area contributed by atoms with E-state index in [0.29, 0.717) is 25.5 Å². The average molecular weight is 555 g/mol. The van der Waals surface area contributed by atoms with Crippen LogP contribution in [0.25, 0.3) is 0 Å². The van der Waals surface area contributed by atoms with Gasteiger partial charge in [-0.25, -0.2) is 4.99 Å². The third-order valence-electron chi connectivity index (χ3n) is 5.45. The SMILES string of the molecule is CC1Oc2ccc(CNCc3cccc(CNCc4ccc([N+](=O)[O-])cc4)c3)cc2N=C1N.Cl.Cl.Cl. The largest absolute Gasteiger partial charge is 0.481 e. The zero-order chi connectivity index (χ0) is 23.2. The molecule has 1 atom stereocenters. The number of rotatable bonds is 9. The van der Waals surface area contributed by atoms with Crippen LogP contribution in [0, 0.1) is 10.1 Å². The van der Waals surface area contributed by atoms with Crippen molar-refractivity contribution in [1.82, 2.24) is 10.6 Å². The Kier molecular flexibility index (Phi) is 12.7. The molecule has 4 rings (SSSR count). The van der Waals surface area contributed by atoms with Crippen LogP contribution in [0.1, 0.15) is 29.2 Å². The summed E-state index contributed by atoms with van der Waals surface area (Å²) in [5.41, 5.74) is 11.3. The molecule has 0 saturated heterocycles. The lowest BCUT2D eigenvalue weighted by Crippen LogP contribution is -2.33. The Bertz CT molecular complexity index is 1180. The Labute approximate surface area is 229 Å². The molecule has 0 aliphatic carbocycles. The maximum Gasteiger partial charge on any atom is 0.269 e. The average Bonchev–Trinajstić information content (AvgIpc) is 2.81. The van der Waals surface area contributed by atoms with Gasteiger partial charge in [-0.2, -0.15) is 0 Å². The highest BCUT2D eigenvalue weighted by atomic mass is 35.5. The highest BCUT2D eigenvalue weighted by Gasteiger charge is 2.18. The number of nitrogens with one attached hydrogen (secondary N) is 2. The van der Waals surface area contributed by atoms with E-state index in [2.05, 4.69) is 39.9 Å². The van der Waals surface area contributed by atoms with Crippen LogP contribution in [-0.4, -0.2) is 16.9 Å². The molecule has 36 heavy (non-hydrogen) atoms. The number of benzene rings is 3. The molecule has 0 spiro atoms. The van der Waals surface area contributed by atoms with Gasteiger partial charge in [0.05, 0.1) is 4.92 Å². The van der Waals surface area contributed by atoms with Crippen LogP contribution in [0.4, 0.5) is 11.4 Å². The highest BCUT2D eigenvalue weighted by molar-refractivity contribution is 5.89. The lowest BCUT2D eigenvalue weighted by atomic mass is 10.1. The van der Waals surface area contributed by atoms with Crippen molar-refractivity contribution < 1.29 is 9.66 Å². The lowest BCUT2D eigenvalue weighted by Gasteiger charge is -2.21. The molecule has 1 aliphatic rings. The molecule has 0 saturated carbocycles. The van der Waals surface area contributed by atoms with E-state index in [0.717, 1.165) is 29.1 Å². The number of nitro groups is 1. The predicted molar refractivity (Wildman–Crippen MR) is 150 cm³/mol. The number of nitrogens with zero attached hydrogens (tertiary/aromatic N) is 2. The minimum absolute atomic E-state index is 0. The molecular weight excluding hydrogens is 525 g/mol. The summed E-state index contributed by atoms with van der Waals surface area (Å²) in [7, 11) is 0. The Balaban J connectivity index is 0.00000216. The predicted octanol–water partition coefficient (Wildman–Crippen LogP) is 5.21. The molecule has 1 heterocycles. The third kappa shape index (κ3) is 8.36. The van der Waals surface area contributed by atoms with Gasteiger partial charge in [0, 0.05) is 38.3 Å². The molecule has 0 bridgehead atoms. The second kappa shape index (κ2) is 14.6. The van der Waals surface area contributed by atoms with Crippen LogP contribution in [0.3, 0.4) is 0 Å². The summed E-state index contributed by atoms with van der Waals surface area (Å²) in [5.74, 6) is 1.25. The van der Waals surface area contributed by atoms with Crippen molar-refractivity contribution in [2.45, 2.75) is 39.2 Å². The van der Waals surface area contributed by atoms with E-state index in [9.17, 15) is 10.1 Å². The van der Waals surface area contributed by atoms with Gasteiger partial charge in [0.15, 0.2) is 6.10 Å². The number of non-ortho nitro benzene ring substituents is 1. The van der Waals surface area contributed by atoms with Gasteiger partial charge >= 0.3 is 0 Å². The van der Waals surface area contributed by atoms with Crippen LogP contribution >= 0.6 is 37.2 Å². The second-order valence-corrected chi connectivity index (χ2v) is 8.05. The lowest BCUT2D eigenvalue weighted by molar-refractivity contribution is -0.384. The van der Waals surface area contributed by atoms with Crippen molar-refractivity contribution >= 4 is 54.4 Å². The fourth-order valence-corrected chi connectivity index (χ4v) is 3.63. The number of hydrogen-bond donors (Lipinski definition) is 3. The minimum atomic E-state index is -0.388. The maximum atomic E-state index is 10.7. The quantitative estimate of drug-likeness (QED) is 0.247. The Morgan fingerprint density at radius 1 is 0.861 bits per heavy atom. The molecule has 0 fully saturated rings. The summed E-state index contributed by atoms with van der Waals surface area (Å²) in [6, 6.07) is 21.0. The molecule has 0 radical (unpaired) electrons. The summed E-state index contributed by atoms with van der Waals surface area (Å²) in [6.07, 6.45) is -0.197. The van der Waals surface area contributed by atoms with E-state index in [4.69, 9.17) is 10.5 Å². The van der Waals surface area contributed by atoms with Gasteiger partial charge in [-0.05, 0) is 41.3 Å². The van der Waals surface area contributed by atoms with Gasteiger partial charge in [-0.1, -0.05) is 42.5 Å². The van der Waals surface area contributed by atoms with E-state index in [1.807, 2.05) is 25.1 Å². The molecule has 1 aliphatic heterocycles. The number of amidine groups is 1. The molecule has 11 heteroatoms. The standard InChI is InChI=1S/C25H27N5O3.3ClH/c1-17-25(26)29-23-12-21(7-10-24(23)33-17)16-28-15-20-4-2-3-19(11-20)14-27-13-18-5-8-22(9-6-18)30(31)32;;;/h2-12,17,27-28H,13-16H2,1H3,(H2,26,29);3*1H. The van der Waals surface area contributed by atoms with E-state index < -0.39 is 0 Å². The number of ether oxygens (including phenoxy) is 1. The molecule has 194 valence electrons. The van der Waals surface area contributed by atoms with E-state index >= 15 is 0 Å². The van der Waals surface area contributed by atoms with Crippen molar-refractivity contribution in [2.75, 3.05) is 0 Å². The van der Waals surface area contributed by atoms with E-state index in [-0.39, 0.29) is 53.9 Å². The van der Waals surface area contributed by atoms with Crippen molar-refractivity contribution in [1.29, 1.82) is 0 Å². The fraction of sp³-hybridized carbons (Fsp3) is 0.240. The summed E-state index contributed by atoms with van der Waals surface area (Å²) in [6.45, 7) is 4.70. The highest BCUT2D eigenvalue weighted by Crippen LogP contribution is 2.32. The minimum Gasteiger partial charge on any atom is -0.481 e. The molecule has 8 nitrogen and oxygen atoms in total. The van der Waals surface area contributed by atoms with Crippen molar-refractivity contribution in [3.8, 4) is 5.75 Å². The molecule has 0 amide bonds. The summed E-state index contributed by atoms with van der Waals surface area (Å²) in [5, 5.41) is 17.6. The van der Waals surface area contributed by atoms with E-state index in [1.54, 1.807) is 12.1 Å². The van der Waals surface area contributed by atoms with Gasteiger partial charge in [0.25, 0.3) is 5.69 Å². The topological polar surface area (TPSA) is 115 Å². The van der Waals surface area contributed by atoms with Crippen molar-refractivity contribution in [2.24, 2.45) is 10.7 Å². The molecular formula is C25H30Cl3N5O3. The molecule has 3 aromatic carbocycles. The Hall–Kier alpha value is -2.88. The number of fused-ring (bicyclic) bond motifs is 1. The molecule has 3 aromatic rings. The van der Waals surface area contributed by atoms with Gasteiger partial charge < -0.3 is 21.1 Å². The summed E-state index contributed by atoms with van der Waals surface area (Å²) in [4.78, 5) is 14.8. The fourth-order valence-electron chi connectivity index (χ4n) is 3.63. The second-order valence-electron chi connectivity index (χ2n) is 8.05. The molecule has 4 N–H and O–H groups in total. The molecule has 0 aromatic heterocycles. The van der Waals surface area contributed by atoms with Crippen molar-refractivity contribution in [3.05, 3.63) is 99.1 Å². The van der Waals surface area contributed by atoms with Crippen LogP contribution < -0.4 is 21.1 Å². The summed E-state index contributed by atoms with van der Waals surface area (Å²) < 4.78 is 5.75. The van der Waals surface area contributed by atoms with Crippen LogP contribution in [0.15, 0.2) is 71.7 Å². The number of nitrogens with two attached hydrogens (primary N) is 1. The Morgan fingerprint density at radius 2 is 1.39 bits per heavy atom. The molecule has 1 unspecified atom stereocenters. The normalized spacial score (nSPS) is 13.6. The summed E-state index contributed by atoms with van der Waals surface area (Å²) >= 11 is 0. The number of halogens is 3. The van der Waals surface area contributed by atoms with E-state index in [1.165, 1.54) is 23.3 Å². The zero-order valence-electron chi connectivity index (χ0n) is 19.7. The number of aliphatic imine (C=N–C) groups is 1. The van der Waals surface area contributed by atoms with Gasteiger partial charge in [0.2, 0.25) is 0 Å². The zero-order valence-corrected chi connectivity index (χ0v) is 22.1. The van der Waals surface area contributed by atoms with Gasteiger partial charge in [-0.3, -0.25) is 10.1 Å². The van der Waals surface area contributed by atoms with Gasteiger partial charge in [0.1, 0.15) is 17.3 Å². The first-order valence-electron chi connectivity index (χ1n) is 10.8. The first-order chi connectivity index (χ1) is 16.0. The van der Waals surface area contributed by atoms with Gasteiger partial charge in [-0.15, -0.1) is 37.2 Å². The first-order valence-corrected chi connectivity index (χ1v) is 10.8. The smallest absolute Gasteiger partial charge is 0.269 e. The number of nitro benzene ring substituents is 1. The monoisotopic (exact) mass is 553 g/mol. The first kappa shape index (κ1) is 31.2. The van der Waals surface area contributed by atoms with Crippen LogP contribution in [0.5, 0.6) is 5.75 Å². The van der Waals surface area contributed by atoms with Crippen LogP contribution in [0.2, 0.25) is 0 Å². The Morgan fingerprint density at radius 3 is 1.97 bits per heavy atom. The maximum absolute atomic E-state index is 10.7. The van der Waals surface area contributed by atoms with Crippen molar-refractivity contribution in [3.63, 3.8) is 0 Å². The third-order valence-corrected chi connectivity index (χ3v) is 5.45. The number of hydrogen-bond acceptors (Lipinski definition) is 7.